The van der Waals surface area contributed by atoms with Gasteiger partial charge in [-0.1, -0.05) is 0 Å². The summed E-state index contributed by atoms with van der Waals surface area (Å²) >= 11 is 0. The van der Waals surface area contributed by atoms with Crippen molar-refractivity contribution in [1.29, 1.82) is 0 Å². The second-order valence-electron chi connectivity index (χ2n) is 4.80. The first-order valence-corrected chi connectivity index (χ1v) is 6.47. The monoisotopic (exact) mass is 271 g/mol. The van der Waals surface area contributed by atoms with Gasteiger partial charge in [-0.05, 0) is 33.1 Å². The number of carbonyl (C=O) groups excluding carboxylic acids is 2. The van der Waals surface area contributed by atoms with Crippen molar-refractivity contribution in [3.05, 3.63) is 0 Å². The zero-order valence-electron chi connectivity index (χ0n) is 11.4. The van der Waals surface area contributed by atoms with E-state index < -0.39 is 17.5 Å². The molecule has 1 aliphatic heterocycles. The summed E-state index contributed by atoms with van der Waals surface area (Å²) < 4.78 is 0. The van der Waals surface area contributed by atoms with E-state index in [-0.39, 0.29) is 12.5 Å². The SMILES string of the molecule is CCNC(=O)CNC(=O)N1CCCCC1(C)C(=O)O. The Balaban J connectivity index is 2.63. The highest BCUT2D eigenvalue weighted by molar-refractivity contribution is 5.88. The summed E-state index contributed by atoms with van der Waals surface area (Å²) in [6, 6.07) is -0.504. The molecule has 0 saturated carbocycles. The Morgan fingerprint density at radius 3 is 2.53 bits per heavy atom. The number of carboxylic acids is 1. The van der Waals surface area contributed by atoms with Gasteiger partial charge in [0.25, 0.3) is 0 Å². The van der Waals surface area contributed by atoms with Gasteiger partial charge in [-0.2, -0.15) is 0 Å². The minimum atomic E-state index is -1.19. The standard InChI is InChI=1S/C12H21N3O4/c1-3-13-9(16)8-14-11(19)15-7-5-4-6-12(15,2)10(17)18/h3-8H2,1-2H3,(H,13,16)(H,14,19)(H,17,18). The summed E-state index contributed by atoms with van der Waals surface area (Å²) in [4.78, 5) is 35.9. The number of likely N-dealkylation sites (N-methyl/N-ethyl adjacent to an activating group) is 1. The van der Waals surface area contributed by atoms with Crippen LogP contribution in [0.3, 0.4) is 0 Å². The number of carboxylic acid groups (broad SMARTS) is 1. The summed E-state index contributed by atoms with van der Waals surface area (Å²) in [6.45, 7) is 4.07. The van der Waals surface area contributed by atoms with Gasteiger partial charge >= 0.3 is 12.0 Å². The minimum Gasteiger partial charge on any atom is -0.480 e. The van der Waals surface area contributed by atoms with Gasteiger partial charge in [0.2, 0.25) is 5.91 Å². The Bertz CT molecular complexity index is 372. The van der Waals surface area contributed by atoms with E-state index in [1.54, 1.807) is 13.8 Å². The van der Waals surface area contributed by atoms with E-state index in [0.29, 0.717) is 19.5 Å². The van der Waals surface area contributed by atoms with E-state index >= 15 is 0 Å². The van der Waals surface area contributed by atoms with E-state index in [0.717, 1.165) is 12.8 Å². The van der Waals surface area contributed by atoms with Crippen LogP contribution in [0.1, 0.15) is 33.1 Å². The molecule has 1 heterocycles. The van der Waals surface area contributed by atoms with Crippen LogP contribution >= 0.6 is 0 Å². The highest BCUT2D eigenvalue weighted by Crippen LogP contribution is 2.28. The molecule has 19 heavy (non-hydrogen) atoms. The van der Waals surface area contributed by atoms with Crippen LogP contribution in [0.25, 0.3) is 0 Å². The van der Waals surface area contributed by atoms with Crippen molar-refractivity contribution >= 4 is 17.9 Å². The fourth-order valence-electron chi connectivity index (χ4n) is 2.18. The number of aliphatic carboxylic acids is 1. The van der Waals surface area contributed by atoms with Gasteiger partial charge in [0.05, 0.1) is 6.54 Å². The van der Waals surface area contributed by atoms with Crippen molar-refractivity contribution in [2.24, 2.45) is 0 Å². The molecule has 0 spiro atoms. The van der Waals surface area contributed by atoms with Crippen LogP contribution in [0.5, 0.6) is 0 Å². The molecule has 1 saturated heterocycles. The number of hydrogen-bond donors (Lipinski definition) is 3. The van der Waals surface area contributed by atoms with Crippen molar-refractivity contribution in [2.45, 2.75) is 38.6 Å². The maximum absolute atomic E-state index is 12.0. The number of nitrogens with zero attached hydrogens (tertiary/aromatic N) is 1. The molecule has 0 bridgehead atoms. The Hall–Kier alpha value is -1.79. The Morgan fingerprint density at radius 2 is 1.95 bits per heavy atom. The van der Waals surface area contributed by atoms with Crippen LogP contribution < -0.4 is 10.6 Å². The molecule has 1 unspecified atom stereocenters. The zero-order valence-corrected chi connectivity index (χ0v) is 11.4. The van der Waals surface area contributed by atoms with Crippen molar-refractivity contribution in [3.63, 3.8) is 0 Å². The average molecular weight is 271 g/mol. The van der Waals surface area contributed by atoms with Gasteiger partial charge in [-0.15, -0.1) is 0 Å². The van der Waals surface area contributed by atoms with Gasteiger partial charge in [0.15, 0.2) is 0 Å². The maximum atomic E-state index is 12.0. The highest BCUT2D eigenvalue weighted by atomic mass is 16.4. The number of nitrogens with one attached hydrogen (secondary N) is 2. The second-order valence-corrected chi connectivity index (χ2v) is 4.80. The molecule has 0 aromatic rings. The summed E-state index contributed by atoms with van der Waals surface area (Å²) in [7, 11) is 0. The zero-order chi connectivity index (χ0) is 14.5. The Labute approximate surface area is 112 Å². The van der Waals surface area contributed by atoms with Crippen LogP contribution in [0.2, 0.25) is 0 Å². The van der Waals surface area contributed by atoms with Gasteiger partial charge < -0.3 is 20.6 Å². The molecule has 7 nitrogen and oxygen atoms in total. The molecular weight excluding hydrogens is 250 g/mol. The number of likely N-dealkylation sites (tertiary alicyclic amines) is 1. The van der Waals surface area contributed by atoms with Crippen molar-refractivity contribution in [2.75, 3.05) is 19.6 Å². The number of carbonyl (C=O) groups is 3. The molecule has 3 N–H and O–H groups in total. The van der Waals surface area contributed by atoms with E-state index in [1.807, 2.05) is 0 Å². The third-order valence-electron chi connectivity index (χ3n) is 3.37. The fourth-order valence-corrected chi connectivity index (χ4v) is 2.18. The first-order chi connectivity index (χ1) is 8.91. The first-order valence-electron chi connectivity index (χ1n) is 6.47. The van der Waals surface area contributed by atoms with E-state index in [4.69, 9.17) is 0 Å². The summed E-state index contributed by atoms with van der Waals surface area (Å²) in [5.74, 6) is -1.30. The molecule has 1 aliphatic rings. The third-order valence-corrected chi connectivity index (χ3v) is 3.37. The predicted molar refractivity (Wildman–Crippen MR) is 68.7 cm³/mol. The minimum absolute atomic E-state index is 0.140. The van der Waals surface area contributed by atoms with Crippen LogP contribution in [0, 0.1) is 0 Å². The molecular formula is C12H21N3O4. The molecule has 1 atom stereocenters. The number of urea groups is 1. The molecule has 0 aromatic heterocycles. The van der Waals surface area contributed by atoms with Crippen molar-refractivity contribution in [1.82, 2.24) is 15.5 Å². The lowest BCUT2D eigenvalue weighted by atomic mass is 9.89. The lowest BCUT2D eigenvalue weighted by Gasteiger charge is -2.41. The van der Waals surface area contributed by atoms with Crippen LogP contribution in [0.15, 0.2) is 0 Å². The van der Waals surface area contributed by atoms with Crippen LogP contribution in [0.4, 0.5) is 4.79 Å². The normalized spacial score (nSPS) is 22.7. The van der Waals surface area contributed by atoms with E-state index in [1.165, 1.54) is 4.90 Å². The number of hydrogen-bond acceptors (Lipinski definition) is 3. The first kappa shape index (κ1) is 15.3. The quantitative estimate of drug-likeness (QED) is 0.678. The van der Waals surface area contributed by atoms with Crippen LogP contribution in [-0.4, -0.2) is 53.1 Å². The summed E-state index contributed by atoms with van der Waals surface area (Å²) in [5, 5.41) is 14.3. The fraction of sp³-hybridized carbons (Fsp3) is 0.750. The van der Waals surface area contributed by atoms with Gasteiger partial charge in [0, 0.05) is 13.1 Å². The summed E-state index contributed by atoms with van der Waals surface area (Å²) in [5.41, 5.74) is -1.19. The van der Waals surface area contributed by atoms with E-state index in [2.05, 4.69) is 10.6 Å². The second kappa shape index (κ2) is 6.40. The smallest absolute Gasteiger partial charge is 0.329 e. The van der Waals surface area contributed by atoms with Gasteiger partial charge in [-0.25, -0.2) is 9.59 Å². The largest absolute Gasteiger partial charge is 0.480 e. The lowest BCUT2D eigenvalue weighted by molar-refractivity contribution is -0.150. The Morgan fingerprint density at radius 1 is 1.26 bits per heavy atom. The molecule has 1 fully saturated rings. The third kappa shape index (κ3) is 3.59. The maximum Gasteiger partial charge on any atom is 0.329 e. The summed E-state index contributed by atoms with van der Waals surface area (Å²) in [6.07, 6.45) is 1.98. The molecule has 1 rings (SSSR count). The molecule has 0 aromatic carbocycles. The Kier molecular flexibility index (Phi) is 5.14. The number of piperidine rings is 1. The van der Waals surface area contributed by atoms with Crippen LogP contribution in [-0.2, 0) is 9.59 Å². The molecule has 0 aliphatic carbocycles. The van der Waals surface area contributed by atoms with E-state index in [9.17, 15) is 19.5 Å². The number of amides is 3. The highest BCUT2D eigenvalue weighted by Gasteiger charge is 2.43. The van der Waals surface area contributed by atoms with Crippen molar-refractivity contribution < 1.29 is 19.5 Å². The molecule has 3 amide bonds. The predicted octanol–water partition coefficient (Wildman–Crippen LogP) is 0.161. The molecule has 7 heteroatoms. The molecule has 0 radical (unpaired) electrons. The van der Waals surface area contributed by atoms with Gasteiger partial charge in [-0.3, -0.25) is 4.79 Å². The number of rotatable bonds is 4. The van der Waals surface area contributed by atoms with Gasteiger partial charge in [0.1, 0.15) is 5.54 Å². The average Bonchev–Trinajstić information content (AvgIpc) is 2.36. The lowest BCUT2D eigenvalue weighted by Crippen LogP contribution is -2.60. The molecule has 108 valence electrons. The van der Waals surface area contributed by atoms with Crippen molar-refractivity contribution in [3.8, 4) is 0 Å². The topological polar surface area (TPSA) is 98.7 Å².